The zero-order chi connectivity index (χ0) is 12.3. The van der Waals surface area contributed by atoms with Crippen molar-refractivity contribution >= 4 is 46.7 Å². The van der Waals surface area contributed by atoms with E-state index in [0.29, 0.717) is 11.7 Å². The number of hydrogen-bond acceptors (Lipinski definition) is 3. The first-order valence-electron chi connectivity index (χ1n) is 5.79. The molecule has 0 atom stereocenters. The van der Waals surface area contributed by atoms with Crippen LogP contribution in [0.25, 0.3) is 0 Å². The van der Waals surface area contributed by atoms with Crippen molar-refractivity contribution in [2.75, 3.05) is 20.1 Å². The molecule has 4 nitrogen and oxygen atoms in total. The van der Waals surface area contributed by atoms with Crippen LogP contribution in [-0.2, 0) is 0 Å². The summed E-state index contributed by atoms with van der Waals surface area (Å²) >= 11 is 3.31. The van der Waals surface area contributed by atoms with Crippen molar-refractivity contribution in [2.45, 2.75) is 18.9 Å². The van der Waals surface area contributed by atoms with Gasteiger partial charge >= 0.3 is 0 Å². The lowest BCUT2D eigenvalue weighted by Gasteiger charge is -2.31. The Kier molecular flexibility index (Phi) is 8.57. The Morgan fingerprint density at radius 3 is 2.47 bits per heavy atom. The maximum atomic E-state index is 12.1. The minimum Gasteiger partial charge on any atom is -0.337 e. The van der Waals surface area contributed by atoms with Crippen LogP contribution in [0.1, 0.15) is 23.3 Å². The van der Waals surface area contributed by atoms with Crippen molar-refractivity contribution in [1.29, 1.82) is 0 Å². The maximum Gasteiger partial charge on any atom is 0.272 e. The molecule has 1 amide bonds. The Morgan fingerprint density at radius 1 is 1.37 bits per heavy atom. The van der Waals surface area contributed by atoms with Crippen LogP contribution in [0.4, 0.5) is 0 Å². The Bertz CT molecular complexity index is 394. The topological polar surface area (TPSA) is 45.2 Å². The zero-order valence-electron chi connectivity index (χ0n) is 10.6. The standard InChI is InChI=1S/C12H16BrN3O.2ClH/c1-14-10-4-6-16(7-5-10)12(17)11-3-2-9(13)8-15-11;;/h2-3,8,10,14H,4-7H2,1H3;2*1H. The van der Waals surface area contributed by atoms with E-state index >= 15 is 0 Å². The number of likely N-dealkylation sites (tertiary alicyclic amines) is 1. The van der Waals surface area contributed by atoms with E-state index in [9.17, 15) is 4.79 Å². The number of pyridine rings is 1. The third-order valence-electron chi connectivity index (χ3n) is 3.14. The van der Waals surface area contributed by atoms with Crippen LogP contribution in [0, 0.1) is 0 Å². The third kappa shape index (κ3) is 4.91. The Balaban J connectivity index is 0.00000162. The maximum absolute atomic E-state index is 12.1. The van der Waals surface area contributed by atoms with Crippen molar-refractivity contribution in [2.24, 2.45) is 0 Å². The lowest BCUT2D eigenvalue weighted by Crippen LogP contribution is -2.44. The highest BCUT2D eigenvalue weighted by molar-refractivity contribution is 9.10. The van der Waals surface area contributed by atoms with Gasteiger partial charge in [-0.15, -0.1) is 24.8 Å². The number of piperidine rings is 1. The van der Waals surface area contributed by atoms with Crippen molar-refractivity contribution in [3.8, 4) is 0 Å². The second-order valence-electron chi connectivity index (χ2n) is 4.22. The predicted molar refractivity (Wildman–Crippen MR) is 84.4 cm³/mol. The van der Waals surface area contributed by atoms with E-state index in [2.05, 4.69) is 26.2 Å². The number of halogens is 3. The van der Waals surface area contributed by atoms with Gasteiger partial charge in [0, 0.05) is 29.8 Å². The van der Waals surface area contributed by atoms with Gasteiger partial charge in [0.15, 0.2) is 0 Å². The average Bonchev–Trinajstić information content (AvgIpc) is 2.39. The smallest absolute Gasteiger partial charge is 0.272 e. The lowest BCUT2D eigenvalue weighted by molar-refractivity contribution is 0.0701. The first-order chi connectivity index (χ1) is 8.20. The molecule has 2 heterocycles. The highest BCUT2D eigenvalue weighted by atomic mass is 79.9. The van der Waals surface area contributed by atoms with Gasteiger partial charge in [0.05, 0.1) is 0 Å². The van der Waals surface area contributed by atoms with E-state index in [4.69, 9.17) is 0 Å². The Morgan fingerprint density at radius 2 is 2.00 bits per heavy atom. The van der Waals surface area contributed by atoms with Gasteiger partial charge in [-0.25, -0.2) is 4.98 Å². The molecule has 108 valence electrons. The second-order valence-corrected chi connectivity index (χ2v) is 5.13. The van der Waals surface area contributed by atoms with Gasteiger partial charge in [-0.05, 0) is 48.0 Å². The molecule has 1 fully saturated rings. The lowest BCUT2D eigenvalue weighted by atomic mass is 10.1. The Hall–Kier alpha value is -0.360. The minimum atomic E-state index is 0. The first-order valence-corrected chi connectivity index (χ1v) is 6.58. The molecule has 2 rings (SSSR count). The van der Waals surface area contributed by atoms with E-state index in [1.807, 2.05) is 18.0 Å². The molecule has 0 spiro atoms. The molecule has 0 unspecified atom stereocenters. The molecule has 0 radical (unpaired) electrons. The van der Waals surface area contributed by atoms with Crippen LogP contribution in [0.5, 0.6) is 0 Å². The third-order valence-corrected chi connectivity index (χ3v) is 3.61. The summed E-state index contributed by atoms with van der Waals surface area (Å²) in [5.74, 6) is 0.0343. The van der Waals surface area contributed by atoms with Crippen molar-refractivity contribution in [3.63, 3.8) is 0 Å². The highest BCUT2D eigenvalue weighted by Crippen LogP contribution is 2.14. The molecule has 1 aliphatic heterocycles. The molecule has 1 aliphatic rings. The Labute approximate surface area is 134 Å². The van der Waals surface area contributed by atoms with Crippen LogP contribution >= 0.6 is 40.7 Å². The summed E-state index contributed by atoms with van der Waals surface area (Å²) in [6.07, 6.45) is 3.69. The first kappa shape index (κ1) is 18.6. The summed E-state index contributed by atoms with van der Waals surface area (Å²) in [4.78, 5) is 18.2. The zero-order valence-corrected chi connectivity index (χ0v) is 13.9. The average molecular weight is 371 g/mol. The van der Waals surface area contributed by atoms with E-state index < -0.39 is 0 Å². The van der Waals surface area contributed by atoms with Gasteiger partial charge < -0.3 is 10.2 Å². The van der Waals surface area contributed by atoms with Crippen LogP contribution in [0.2, 0.25) is 0 Å². The van der Waals surface area contributed by atoms with Crippen LogP contribution in [0.15, 0.2) is 22.8 Å². The van der Waals surface area contributed by atoms with E-state index in [1.165, 1.54) is 0 Å². The summed E-state index contributed by atoms with van der Waals surface area (Å²) < 4.78 is 0.892. The molecule has 1 aromatic rings. The quantitative estimate of drug-likeness (QED) is 0.869. The normalized spacial score (nSPS) is 15.4. The molecule has 1 N–H and O–H groups in total. The van der Waals surface area contributed by atoms with Crippen LogP contribution in [0.3, 0.4) is 0 Å². The van der Waals surface area contributed by atoms with Crippen LogP contribution in [-0.4, -0.2) is 42.0 Å². The number of hydrogen-bond donors (Lipinski definition) is 1. The molecule has 0 bridgehead atoms. The summed E-state index contributed by atoms with van der Waals surface area (Å²) in [5, 5.41) is 3.25. The van der Waals surface area contributed by atoms with Crippen molar-refractivity contribution in [1.82, 2.24) is 15.2 Å². The molecule has 0 saturated carbocycles. The van der Waals surface area contributed by atoms with Crippen molar-refractivity contribution in [3.05, 3.63) is 28.5 Å². The number of carbonyl (C=O) groups is 1. The fraction of sp³-hybridized carbons (Fsp3) is 0.500. The fourth-order valence-corrected chi connectivity index (χ4v) is 2.27. The molecule has 0 aliphatic carbocycles. The molecule has 0 aromatic carbocycles. The van der Waals surface area contributed by atoms with Gasteiger partial charge in [-0.2, -0.15) is 0 Å². The van der Waals surface area contributed by atoms with Gasteiger partial charge in [-0.1, -0.05) is 0 Å². The van der Waals surface area contributed by atoms with Gasteiger partial charge in [0.25, 0.3) is 5.91 Å². The monoisotopic (exact) mass is 369 g/mol. The fourth-order valence-electron chi connectivity index (χ4n) is 2.04. The largest absolute Gasteiger partial charge is 0.337 e. The van der Waals surface area contributed by atoms with Crippen LogP contribution < -0.4 is 5.32 Å². The molecule has 1 aromatic heterocycles. The number of amides is 1. The van der Waals surface area contributed by atoms with Gasteiger partial charge in [-0.3, -0.25) is 4.79 Å². The number of nitrogens with zero attached hydrogens (tertiary/aromatic N) is 2. The minimum absolute atomic E-state index is 0. The van der Waals surface area contributed by atoms with Gasteiger partial charge in [0.1, 0.15) is 5.69 Å². The molecule has 19 heavy (non-hydrogen) atoms. The highest BCUT2D eigenvalue weighted by Gasteiger charge is 2.23. The van der Waals surface area contributed by atoms with E-state index in [1.54, 1.807) is 12.3 Å². The van der Waals surface area contributed by atoms with E-state index in [-0.39, 0.29) is 30.7 Å². The summed E-state index contributed by atoms with van der Waals surface area (Å²) in [7, 11) is 1.97. The van der Waals surface area contributed by atoms with E-state index in [0.717, 1.165) is 30.4 Å². The number of rotatable bonds is 2. The molecule has 7 heteroatoms. The number of aromatic nitrogens is 1. The second kappa shape index (κ2) is 8.74. The summed E-state index contributed by atoms with van der Waals surface area (Å²) in [6, 6.07) is 4.15. The molecule has 1 saturated heterocycles. The summed E-state index contributed by atoms with van der Waals surface area (Å²) in [6.45, 7) is 1.62. The summed E-state index contributed by atoms with van der Waals surface area (Å²) in [5.41, 5.74) is 0.524. The number of nitrogens with one attached hydrogen (secondary N) is 1. The molecular formula is C12H18BrCl2N3O. The number of carbonyl (C=O) groups excluding carboxylic acids is 1. The molecular weight excluding hydrogens is 353 g/mol. The predicted octanol–water partition coefficient (Wildman–Crippen LogP) is 2.51. The van der Waals surface area contributed by atoms with Gasteiger partial charge in [0.2, 0.25) is 0 Å². The SMILES string of the molecule is CNC1CCN(C(=O)c2ccc(Br)cn2)CC1.Cl.Cl. The van der Waals surface area contributed by atoms with Crippen molar-refractivity contribution < 1.29 is 4.79 Å².